The number of nitrogens with one attached hydrogen (secondary N) is 1. The van der Waals surface area contributed by atoms with Crippen LogP contribution in [0, 0.1) is 0 Å². The summed E-state index contributed by atoms with van der Waals surface area (Å²) in [5.74, 6) is -0.976. The topological polar surface area (TPSA) is 86.7 Å². The predicted molar refractivity (Wildman–Crippen MR) is 56.1 cm³/mol. The van der Waals surface area contributed by atoms with E-state index in [4.69, 9.17) is 5.11 Å². The SMILES string of the molecule is CC(=O)CCNC(=O)N1CCCC1C(=O)O. The lowest BCUT2D eigenvalue weighted by Gasteiger charge is -2.21. The monoisotopic (exact) mass is 228 g/mol. The first-order chi connectivity index (χ1) is 7.52. The maximum absolute atomic E-state index is 11.6. The van der Waals surface area contributed by atoms with Crippen LogP contribution in [0.4, 0.5) is 4.79 Å². The van der Waals surface area contributed by atoms with Gasteiger partial charge >= 0.3 is 12.0 Å². The summed E-state index contributed by atoms with van der Waals surface area (Å²) in [4.78, 5) is 34.4. The third-order valence-electron chi connectivity index (χ3n) is 2.55. The lowest BCUT2D eigenvalue weighted by Crippen LogP contribution is -2.46. The Morgan fingerprint density at radius 3 is 2.69 bits per heavy atom. The number of aliphatic carboxylic acids is 1. The maximum atomic E-state index is 11.6. The Morgan fingerprint density at radius 2 is 2.12 bits per heavy atom. The van der Waals surface area contributed by atoms with E-state index in [-0.39, 0.29) is 18.7 Å². The number of carboxylic acids is 1. The van der Waals surface area contributed by atoms with E-state index in [0.717, 1.165) is 0 Å². The second-order valence-electron chi connectivity index (χ2n) is 3.87. The molecule has 16 heavy (non-hydrogen) atoms. The molecule has 0 aromatic carbocycles. The molecular weight excluding hydrogens is 212 g/mol. The molecule has 0 aliphatic carbocycles. The standard InChI is InChI=1S/C10H16N2O4/c1-7(13)4-5-11-10(16)12-6-2-3-8(12)9(14)15/h8H,2-6H2,1H3,(H,11,16)(H,14,15). The van der Waals surface area contributed by atoms with Crippen LogP contribution in [0.1, 0.15) is 26.2 Å². The van der Waals surface area contributed by atoms with Crippen LogP contribution in [-0.4, -0.2) is 46.9 Å². The second-order valence-corrected chi connectivity index (χ2v) is 3.87. The molecule has 1 saturated heterocycles. The molecule has 1 rings (SSSR count). The Labute approximate surface area is 93.6 Å². The quantitative estimate of drug-likeness (QED) is 0.720. The number of rotatable bonds is 4. The Bertz CT molecular complexity index is 303. The zero-order valence-electron chi connectivity index (χ0n) is 9.23. The van der Waals surface area contributed by atoms with Gasteiger partial charge in [-0.2, -0.15) is 0 Å². The van der Waals surface area contributed by atoms with Crippen molar-refractivity contribution in [1.82, 2.24) is 10.2 Å². The van der Waals surface area contributed by atoms with Gasteiger partial charge in [-0.3, -0.25) is 4.79 Å². The molecule has 0 spiro atoms. The molecule has 6 nitrogen and oxygen atoms in total. The summed E-state index contributed by atoms with van der Waals surface area (Å²) < 4.78 is 0. The van der Waals surface area contributed by atoms with Crippen molar-refractivity contribution in [2.75, 3.05) is 13.1 Å². The molecule has 1 aliphatic rings. The molecule has 6 heteroatoms. The first-order valence-electron chi connectivity index (χ1n) is 5.29. The van der Waals surface area contributed by atoms with E-state index in [1.807, 2.05) is 0 Å². The highest BCUT2D eigenvalue weighted by Gasteiger charge is 2.33. The number of ketones is 1. The van der Waals surface area contributed by atoms with Crippen molar-refractivity contribution in [2.45, 2.75) is 32.2 Å². The minimum atomic E-state index is -0.973. The summed E-state index contributed by atoms with van der Waals surface area (Å²) >= 11 is 0. The van der Waals surface area contributed by atoms with Gasteiger partial charge in [0.15, 0.2) is 0 Å². The molecule has 1 aliphatic heterocycles. The first-order valence-corrected chi connectivity index (χ1v) is 5.29. The van der Waals surface area contributed by atoms with E-state index >= 15 is 0 Å². The summed E-state index contributed by atoms with van der Waals surface area (Å²) in [6.07, 6.45) is 1.48. The largest absolute Gasteiger partial charge is 0.480 e. The molecule has 2 amide bonds. The third kappa shape index (κ3) is 3.22. The van der Waals surface area contributed by atoms with Crippen molar-refractivity contribution >= 4 is 17.8 Å². The van der Waals surface area contributed by atoms with E-state index in [0.29, 0.717) is 19.4 Å². The molecule has 0 radical (unpaired) electrons. The summed E-state index contributed by atoms with van der Waals surface area (Å²) in [5.41, 5.74) is 0. The number of hydrogen-bond donors (Lipinski definition) is 2. The van der Waals surface area contributed by atoms with Gasteiger partial charge in [0, 0.05) is 19.5 Å². The average Bonchev–Trinajstić information content (AvgIpc) is 2.65. The van der Waals surface area contributed by atoms with Crippen molar-refractivity contribution in [1.29, 1.82) is 0 Å². The van der Waals surface area contributed by atoms with Crippen molar-refractivity contribution in [3.63, 3.8) is 0 Å². The van der Waals surface area contributed by atoms with Crippen LogP contribution in [0.5, 0.6) is 0 Å². The highest BCUT2D eigenvalue weighted by Crippen LogP contribution is 2.17. The van der Waals surface area contributed by atoms with Crippen molar-refractivity contribution < 1.29 is 19.5 Å². The summed E-state index contributed by atoms with van der Waals surface area (Å²) in [5, 5.41) is 11.4. The number of hydrogen-bond acceptors (Lipinski definition) is 3. The minimum Gasteiger partial charge on any atom is -0.480 e. The van der Waals surface area contributed by atoms with Gasteiger partial charge in [0.25, 0.3) is 0 Å². The van der Waals surface area contributed by atoms with E-state index in [1.54, 1.807) is 0 Å². The number of Topliss-reactive ketones (excluding diaryl/α,β-unsaturated/α-hetero) is 1. The Kier molecular flexibility index (Phi) is 4.28. The summed E-state index contributed by atoms with van der Waals surface area (Å²) in [7, 11) is 0. The second kappa shape index (κ2) is 5.48. The lowest BCUT2D eigenvalue weighted by atomic mass is 10.2. The van der Waals surface area contributed by atoms with Crippen LogP contribution in [0.15, 0.2) is 0 Å². The highest BCUT2D eigenvalue weighted by atomic mass is 16.4. The molecule has 0 saturated carbocycles. The number of amides is 2. The smallest absolute Gasteiger partial charge is 0.326 e. The number of carbonyl (C=O) groups excluding carboxylic acids is 2. The fourth-order valence-corrected chi connectivity index (χ4v) is 1.71. The van der Waals surface area contributed by atoms with Gasteiger partial charge in [-0.1, -0.05) is 0 Å². The summed E-state index contributed by atoms with van der Waals surface area (Å²) in [6, 6.07) is -1.12. The Hall–Kier alpha value is -1.59. The first kappa shape index (κ1) is 12.5. The van der Waals surface area contributed by atoms with Crippen LogP contribution >= 0.6 is 0 Å². The molecule has 90 valence electrons. The molecule has 1 fully saturated rings. The predicted octanol–water partition coefficient (Wildman–Crippen LogP) is 0.224. The molecule has 1 heterocycles. The molecule has 2 N–H and O–H groups in total. The van der Waals surface area contributed by atoms with Crippen LogP contribution in [0.3, 0.4) is 0 Å². The van der Waals surface area contributed by atoms with Gasteiger partial charge in [-0.15, -0.1) is 0 Å². The molecule has 1 unspecified atom stereocenters. The van der Waals surface area contributed by atoms with E-state index in [9.17, 15) is 14.4 Å². The van der Waals surface area contributed by atoms with Crippen LogP contribution in [0.2, 0.25) is 0 Å². The highest BCUT2D eigenvalue weighted by molar-refractivity contribution is 5.83. The molecule has 0 aromatic heterocycles. The number of nitrogens with zero attached hydrogens (tertiary/aromatic N) is 1. The molecule has 0 bridgehead atoms. The normalized spacial score (nSPS) is 19.6. The van der Waals surface area contributed by atoms with Crippen LogP contribution in [-0.2, 0) is 9.59 Å². The number of carbonyl (C=O) groups is 3. The Balaban J connectivity index is 2.41. The van der Waals surface area contributed by atoms with E-state index in [1.165, 1.54) is 11.8 Å². The van der Waals surface area contributed by atoms with Gasteiger partial charge in [-0.05, 0) is 19.8 Å². The molecular formula is C10H16N2O4. The minimum absolute atomic E-state index is 0.00323. The lowest BCUT2D eigenvalue weighted by molar-refractivity contribution is -0.141. The third-order valence-corrected chi connectivity index (χ3v) is 2.55. The van der Waals surface area contributed by atoms with Crippen molar-refractivity contribution in [2.24, 2.45) is 0 Å². The van der Waals surface area contributed by atoms with Crippen molar-refractivity contribution in [3.05, 3.63) is 0 Å². The summed E-state index contributed by atoms with van der Waals surface area (Å²) in [6.45, 7) is 2.17. The van der Waals surface area contributed by atoms with Crippen LogP contribution < -0.4 is 5.32 Å². The van der Waals surface area contributed by atoms with E-state index < -0.39 is 18.0 Å². The van der Waals surface area contributed by atoms with Gasteiger partial charge in [0.05, 0.1) is 0 Å². The van der Waals surface area contributed by atoms with E-state index in [2.05, 4.69) is 5.32 Å². The maximum Gasteiger partial charge on any atom is 0.326 e. The zero-order chi connectivity index (χ0) is 12.1. The number of carboxylic acid groups (broad SMARTS) is 1. The Morgan fingerprint density at radius 1 is 1.44 bits per heavy atom. The zero-order valence-corrected chi connectivity index (χ0v) is 9.23. The fourth-order valence-electron chi connectivity index (χ4n) is 1.71. The number of urea groups is 1. The van der Waals surface area contributed by atoms with Gasteiger partial charge < -0.3 is 15.3 Å². The average molecular weight is 228 g/mol. The fraction of sp³-hybridized carbons (Fsp3) is 0.700. The molecule has 0 aromatic rings. The molecule has 1 atom stereocenters. The van der Waals surface area contributed by atoms with Gasteiger partial charge in [0.1, 0.15) is 11.8 Å². The van der Waals surface area contributed by atoms with Gasteiger partial charge in [-0.25, -0.2) is 9.59 Å². The van der Waals surface area contributed by atoms with Crippen LogP contribution in [0.25, 0.3) is 0 Å². The van der Waals surface area contributed by atoms with Crippen molar-refractivity contribution in [3.8, 4) is 0 Å². The number of likely N-dealkylation sites (tertiary alicyclic amines) is 1. The van der Waals surface area contributed by atoms with Gasteiger partial charge in [0.2, 0.25) is 0 Å².